The van der Waals surface area contributed by atoms with Crippen LogP contribution < -0.4 is 5.32 Å². The number of hydrogen-bond acceptors (Lipinski definition) is 3. The number of pyridine rings is 1. The van der Waals surface area contributed by atoms with Crippen molar-refractivity contribution in [3.63, 3.8) is 0 Å². The van der Waals surface area contributed by atoms with Gasteiger partial charge in [0.2, 0.25) is 0 Å². The molecule has 94 valence electrons. The van der Waals surface area contributed by atoms with Crippen LogP contribution in [0.25, 0.3) is 10.9 Å². The molecule has 0 radical (unpaired) electrons. The zero-order valence-corrected chi connectivity index (χ0v) is 10.7. The first-order chi connectivity index (χ1) is 8.61. The Bertz CT molecular complexity index is 599. The van der Waals surface area contributed by atoms with Crippen molar-refractivity contribution in [2.24, 2.45) is 0 Å². The molecule has 0 aliphatic heterocycles. The van der Waals surface area contributed by atoms with E-state index in [9.17, 15) is 9.90 Å². The monoisotopic (exact) mass is 264 g/mol. The number of rotatable bonds is 4. The lowest BCUT2D eigenvalue weighted by Gasteiger charge is -2.07. The fourth-order valence-electron chi connectivity index (χ4n) is 1.81. The van der Waals surface area contributed by atoms with Gasteiger partial charge in [0.15, 0.2) is 0 Å². The first-order valence-electron chi connectivity index (χ1n) is 5.59. The van der Waals surface area contributed by atoms with Crippen molar-refractivity contribution in [3.05, 3.63) is 40.5 Å². The third-order valence-corrected chi connectivity index (χ3v) is 2.92. The summed E-state index contributed by atoms with van der Waals surface area (Å²) in [7, 11) is 1.85. The molecule has 2 rings (SSSR count). The Morgan fingerprint density at radius 1 is 1.44 bits per heavy atom. The van der Waals surface area contributed by atoms with Crippen molar-refractivity contribution in [1.29, 1.82) is 0 Å². The van der Waals surface area contributed by atoms with Crippen molar-refractivity contribution in [2.45, 2.75) is 6.42 Å². The maximum atomic E-state index is 11.3. The molecular formula is C13H13ClN2O2. The molecule has 5 heteroatoms. The number of aromatic carboxylic acids is 1. The zero-order chi connectivity index (χ0) is 13.1. The Labute approximate surface area is 110 Å². The van der Waals surface area contributed by atoms with Crippen molar-refractivity contribution >= 4 is 28.5 Å². The Kier molecular flexibility index (Phi) is 3.79. The van der Waals surface area contributed by atoms with Crippen LogP contribution in [0.5, 0.6) is 0 Å². The average Bonchev–Trinajstić information content (AvgIpc) is 2.35. The molecule has 1 heterocycles. The highest BCUT2D eigenvalue weighted by Gasteiger charge is 2.12. The molecule has 4 nitrogen and oxygen atoms in total. The third kappa shape index (κ3) is 2.60. The molecule has 0 spiro atoms. The van der Waals surface area contributed by atoms with Crippen LogP contribution in [0.15, 0.2) is 24.3 Å². The molecule has 0 atom stereocenters. The minimum Gasteiger partial charge on any atom is -0.478 e. The number of carbonyl (C=O) groups is 1. The highest BCUT2D eigenvalue weighted by Crippen LogP contribution is 2.22. The van der Waals surface area contributed by atoms with E-state index >= 15 is 0 Å². The van der Waals surface area contributed by atoms with Gasteiger partial charge in [-0.2, -0.15) is 0 Å². The van der Waals surface area contributed by atoms with Gasteiger partial charge in [-0.3, -0.25) is 4.98 Å². The van der Waals surface area contributed by atoms with E-state index in [2.05, 4.69) is 10.3 Å². The molecule has 1 aromatic heterocycles. The van der Waals surface area contributed by atoms with Gasteiger partial charge in [-0.05, 0) is 31.3 Å². The predicted octanol–water partition coefficient (Wildman–Crippen LogP) is 2.35. The number of carboxylic acid groups (broad SMARTS) is 1. The van der Waals surface area contributed by atoms with E-state index in [4.69, 9.17) is 11.6 Å². The molecule has 0 bridgehead atoms. The van der Waals surface area contributed by atoms with Gasteiger partial charge >= 0.3 is 5.97 Å². The molecule has 0 amide bonds. The number of aromatic nitrogens is 1. The van der Waals surface area contributed by atoms with E-state index in [0.29, 0.717) is 22.3 Å². The number of halogens is 1. The number of fused-ring (bicyclic) bond motifs is 1. The first kappa shape index (κ1) is 12.8. The number of benzene rings is 1. The molecular weight excluding hydrogens is 252 g/mol. The lowest BCUT2D eigenvalue weighted by Crippen LogP contribution is -2.12. The maximum absolute atomic E-state index is 11.3. The van der Waals surface area contributed by atoms with Crippen LogP contribution in [-0.2, 0) is 6.42 Å². The molecule has 0 fully saturated rings. The Morgan fingerprint density at radius 2 is 2.22 bits per heavy atom. The zero-order valence-electron chi connectivity index (χ0n) is 9.90. The Morgan fingerprint density at radius 3 is 2.89 bits per heavy atom. The summed E-state index contributed by atoms with van der Waals surface area (Å²) in [6, 6.07) is 6.70. The molecule has 1 aromatic carbocycles. The van der Waals surface area contributed by atoms with Gasteiger partial charge in [-0.1, -0.05) is 11.6 Å². The van der Waals surface area contributed by atoms with E-state index in [1.807, 2.05) is 7.05 Å². The topological polar surface area (TPSA) is 62.2 Å². The SMILES string of the molecule is CNCCc1cc(C(=O)O)c2cc(Cl)ccc2n1. The van der Waals surface area contributed by atoms with Gasteiger partial charge in [0.1, 0.15) is 0 Å². The van der Waals surface area contributed by atoms with Gasteiger partial charge in [0.25, 0.3) is 0 Å². The highest BCUT2D eigenvalue weighted by molar-refractivity contribution is 6.31. The van der Waals surface area contributed by atoms with E-state index in [-0.39, 0.29) is 5.56 Å². The first-order valence-corrected chi connectivity index (χ1v) is 5.96. The summed E-state index contributed by atoms with van der Waals surface area (Å²) in [4.78, 5) is 15.7. The van der Waals surface area contributed by atoms with Gasteiger partial charge in [0, 0.05) is 29.1 Å². The number of hydrogen-bond donors (Lipinski definition) is 2. The summed E-state index contributed by atoms with van der Waals surface area (Å²) in [5.74, 6) is -0.963. The summed E-state index contributed by atoms with van der Waals surface area (Å²) < 4.78 is 0. The van der Waals surface area contributed by atoms with Crippen LogP contribution in [0.3, 0.4) is 0 Å². The van der Waals surface area contributed by atoms with Gasteiger partial charge in [-0.25, -0.2) is 4.79 Å². The molecule has 2 aromatic rings. The van der Waals surface area contributed by atoms with Crippen LogP contribution in [0.1, 0.15) is 16.1 Å². The molecule has 0 aliphatic rings. The van der Waals surface area contributed by atoms with Gasteiger partial charge in [-0.15, -0.1) is 0 Å². The van der Waals surface area contributed by atoms with Crippen molar-refractivity contribution in [1.82, 2.24) is 10.3 Å². The van der Waals surface area contributed by atoms with Crippen LogP contribution in [0.2, 0.25) is 5.02 Å². The van der Waals surface area contributed by atoms with E-state index in [0.717, 1.165) is 12.2 Å². The molecule has 0 saturated heterocycles. The summed E-state index contributed by atoms with van der Waals surface area (Å²) in [5, 5.41) is 13.3. The fourth-order valence-corrected chi connectivity index (χ4v) is 1.98. The van der Waals surface area contributed by atoms with Crippen LogP contribution in [0, 0.1) is 0 Å². The molecule has 0 aliphatic carbocycles. The van der Waals surface area contributed by atoms with E-state index in [1.165, 1.54) is 0 Å². The predicted molar refractivity (Wildman–Crippen MR) is 71.3 cm³/mol. The Hall–Kier alpha value is -1.65. The van der Waals surface area contributed by atoms with Crippen molar-refractivity contribution in [3.8, 4) is 0 Å². The van der Waals surface area contributed by atoms with Gasteiger partial charge < -0.3 is 10.4 Å². The summed E-state index contributed by atoms with van der Waals surface area (Å²) >= 11 is 5.89. The van der Waals surface area contributed by atoms with Crippen molar-refractivity contribution < 1.29 is 9.90 Å². The van der Waals surface area contributed by atoms with Crippen LogP contribution in [-0.4, -0.2) is 29.7 Å². The second-order valence-electron chi connectivity index (χ2n) is 3.98. The number of likely N-dealkylation sites (N-methyl/N-ethyl adjacent to an activating group) is 1. The number of nitrogens with zero attached hydrogens (tertiary/aromatic N) is 1. The summed E-state index contributed by atoms with van der Waals surface area (Å²) in [6.07, 6.45) is 0.690. The Balaban J connectivity index is 2.59. The summed E-state index contributed by atoms with van der Waals surface area (Å²) in [5.41, 5.74) is 1.66. The molecule has 2 N–H and O–H groups in total. The lowest BCUT2D eigenvalue weighted by atomic mass is 10.1. The largest absolute Gasteiger partial charge is 0.478 e. The normalized spacial score (nSPS) is 10.8. The number of carboxylic acids is 1. The van der Waals surface area contributed by atoms with Crippen LogP contribution in [0.4, 0.5) is 0 Å². The standard InChI is InChI=1S/C13H13ClN2O2/c1-15-5-4-9-7-11(13(17)18)10-6-8(14)2-3-12(10)16-9/h2-3,6-7,15H,4-5H2,1H3,(H,17,18). The third-order valence-electron chi connectivity index (χ3n) is 2.69. The highest BCUT2D eigenvalue weighted by atomic mass is 35.5. The molecule has 0 unspecified atom stereocenters. The molecule has 18 heavy (non-hydrogen) atoms. The number of nitrogens with one attached hydrogen (secondary N) is 1. The van der Waals surface area contributed by atoms with Crippen molar-refractivity contribution in [2.75, 3.05) is 13.6 Å². The minimum atomic E-state index is -0.963. The van der Waals surface area contributed by atoms with E-state index < -0.39 is 5.97 Å². The second-order valence-corrected chi connectivity index (χ2v) is 4.42. The van der Waals surface area contributed by atoms with Crippen LogP contribution >= 0.6 is 11.6 Å². The molecule has 0 saturated carbocycles. The smallest absolute Gasteiger partial charge is 0.336 e. The summed E-state index contributed by atoms with van der Waals surface area (Å²) in [6.45, 7) is 0.755. The second kappa shape index (κ2) is 5.33. The average molecular weight is 265 g/mol. The fraction of sp³-hybridized carbons (Fsp3) is 0.231. The maximum Gasteiger partial charge on any atom is 0.336 e. The van der Waals surface area contributed by atoms with E-state index in [1.54, 1.807) is 24.3 Å². The lowest BCUT2D eigenvalue weighted by molar-refractivity contribution is 0.0699. The minimum absolute atomic E-state index is 0.244. The van der Waals surface area contributed by atoms with Gasteiger partial charge in [0.05, 0.1) is 11.1 Å². The quantitative estimate of drug-likeness (QED) is 0.890.